The maximum absolute atomic E-state index is 14.6. The van der Waals surface area contributed by atoms with Gasteiger partial charge in [0, 0.05) is 42.6 Å². The predicted octanol–water partition coefficient (Wildman–Crippen LogP) is 7.48. The van der Waals surface area contributed by atoms with Crippen LogP contribution in [-0.2, 0) is 27.6 Å². The smallest absolute Gasteiger partial charge is 0.263 e. The van der Waals surface area contributed by atoms with E-state index in [1.165, 1.54) is 11.1 Å². The maximum atomic E-state index is 14.6. The summed E-state index contributed by atoms with van der Waals surface area (Å²) in [6.07, 6.45) is 9.64. The van der Waals surface area contributed by atoms with Crippen molar-refractivity contribution in [2.75, 3.05) is 31.7 Å². The number of carbonyl (C=O) groups is 1. The molecule has 0 radical (unpaired) electrons. The highest BCUT2D eigenvalue weighted by molar-refractivity contribution is 7.84. The molecule has 2 heterocycles. The minimum Gasteiger partial charge on any atom is -0.490 e. The van der Waals surface area contributed by atoms with Crippen LogP contribution in [0.5, 0.6) is 5.75 Å². The van der Waals surface area contributed by atoms with Gasteiger partial charge in [0.2, 0.25) is 0 Å². The van der Waals surface area contributed by atoms with Crippen molar-refractivity contribution >= 4 is 34.2 Å². The van der Waals surface area contributed by atoms with Crippen molar-refractivity contribution in [2.24, 2.45) is 17.8 Å². The van der Waals surface area contributed by atoms with E-state index in [4.69, 9.17) is 21.1 Å². The van der Waals surface area contributed by atoms with Crippen molar-refractivity contribution in [1.29, 1.82) is 0 Å². The molecule has 9 heteroatoms. The molecule has 6 nitrogen and oxygen atoms in total. The van der Waals surface area contributed by atoms with Crippen molar-refractivity contribution in [3.05, 3.63) is 82.7 Å². The Morgan fingerprint density at radius 3 is 2.80 bits per heavy atom. The first-order chi connectivity index (χ1) is 21.5. The average Bonchev–Trinajstić information content (AvgIpc) is 3.14. The summed E-state index contributed by atoms with van der Waals surface area (Å²) in [4.78, 5) is 15.8. The summed E-state index contributed by atoms with van der Waals surface area (Å²) in [6, 6.07) is 11.7. The Hall–Kier alpha value is -2.68. The highest BCUT2D eigenvalue weighted by Crippen LogP contribution is 2.50. The third-order valence-corrected chi connectivity index (χ3v) is 12.6. The average molecular weight is 655 g/mol. The summed E-state index contributed by atoms with van der Waals surface area (Å²) in [6.45, 7) is 9.43. The number of nitrogens with zero attached hydrogens (tertiary/aromatic N) is 1. The number of halogens is 2. The quantitative estimate of drug-likeness (QED) is 0.348. The Balaban J connectivity index is 1.45. The lowest BCUT2D eigenvalue weighted by Gasteiger charge is -2.50. The number of aryl methyl sites for hydroxylation is 1. The van der Waals surface area contributed by atoms with Gasteiger partial charge < -0.3 is 14.4 Å². The summed E-state index contributed by atoms with van der Waals surface area (Å²) < 4.78 is 43.5. The van der Waals surface area contributed by atoms with Crippen LogP contribution in [-0.4, -0.2) is 47.8 Å². The van der Waals surface area contributed by atoms with Crippen LogP contribution in [0.4, 0.5) is 10.1 Å². The van der Waals surface area contributed by atoms with Gasteiger partial charge in [-0.1, -0.05) is 43.3 Å². The number of allylic oxidation sites excluding steroid dienone is 1. The van der Waals surface area contributed by atoms with E-state index >= 15 is 0 Å². The molecule has 1 spiro atoms. The second-order valence-electron chi connectivity index (χ2n) is 13.6. The van der Waals surface area contributed by atoms with E-state index in [-0.39, 0.29) is 40.7 Å². The molecule has 2 bridgehead atoms. The van der Waals surface area contributed by atoms with Gasteiger partial charge in [-0.2, -0.15) is 0 Å². The van der Waals surface area contributed by atoms with Crippen LogP contribution in [0, 0.1) is 17.8 Å². The van der Waals surface area contributed by atoms with Crippen LogP contribution >= 0.6 is 11.6 Å². The largest absolute Gasteiger partial charge is 0.490 e. The fourth-order valence-corrected chi connectivity index (χ4v) is 9.22. The van der Waals surface area contributed by atoms with Gasteiger partial charge in [0.05, 0.1) is 29.0 Å². The Morgan fingerprint density at radius 2 is 2.07 bits per heavy atom. The Labute approximate surface area is 274 Å². The SMILES string of the molecule is C=C(F)C[C@@]1(OC)/C=C/CC(C)C(C)S(=O)NC(=O)c2ccc3c(c2)N(CC2CCC21)C[C@@]1(CCCc2cc(Cl)ccc21)CO3. The van der Waals surface area contributed by atoms with Gasteiger partial charge in [-0.3, -0.25) is 9.52 Å². The lowest BCUT2D eigenvalue weighted by molar-refractivity contribution is -0.0768. The van der Waals surface area contributed by atoms with Crippen molar-refractivity contribution < 1.29 is 22.9 Å². The topological polar surface area (TPSA) is 67.9 Å². The van der Waals surface area contributed by atoms with E-state index < -0.39 is 22.4 Å². The molecule has 1 amide bonds. The first-order valence-electron chi connectivity index (χ1n) is 16.1. The Kier molecular flexibility index (Phi) is 9.21. The number of carbonyl (C=O) groups excluding carboxylic acids is 1. The molecule has 2 aliphatic carbocycles. The number of methoxy groups -OCH3 is 1. The molecule has 45 heavy (non-hydrogen) atoms. The van der Waals surface area contributed by atoms with Crippen molar-refractivity contribution in [3.63, 3.8) is 0 Å². The van der Waals surface area contributed by atoms with Crippen molar-refractivity contribution in [3.8, 4) is 5.75 Å². The molecule has 2 aromatic carbocycles. The van der Waals surface area contributed by atoms with E-state index in [1.807, 2.05) is 44.2 Å². The van der Waals surface area contributed by atoms with Gasteiger partial charge >= 0.3 is 0 Å². The number of hydrogen-bond acceptors (Lipinski definition) is 5. The van der Waals surface area contributed by atoms with E-state index in [0.29, 0.717) is 31.7 Å². The number of anilines is 1. The van der Waals surface area contributed by atoms with E-state index in [0.717, 1.165) is 48.6 Å². The zero-order chi connectivity index (χ0) is 31.9. The zero-order valence-corrected chi connectivity index (χ0v) is 28.0. The van der Waals surface area contributed by atoms with Crippen LogP contribution in [0.15, 0.2) is 61.0 Å². The lowest BCUT2D eigenvalue weighted by atomic mass is 9.62. The zero-order valence-electron chi connectivity index (χ0n) is 26.5. The Bertz CT molecular complexity index is 1530. The second-order valence-corrected chi connectivity index (χ2v) is 15.6. The standard InChI is InChI=1S/C36H44ClFN2O4S/c1-23-7-5-16-36(43-4,19-24(2)38)31-12-9-28(31)20-40-21-35(15-6-8-26-17-29(37)11-13-30(26)35)22-44-33-14-10-27(18-32(33)40)34(41)39-45(42)25(23)3/h5,10-11,13-14,16-18,23,25,28,31H,2,6-9,12,15,19-22H2,1,3-4H3,(H,39,41)/b16-5+/t23?,25?,28?,31?,35-,36-,45?/m0/s1. The fourth-order valence-electron chi connectivity index (χ4n) is 8.00. The first-order valence-corrected chi connectivity index (χ1v) is 17.7. The molecule has 2 aliphatic heterocycles. The lowest BCUT2D eigenvalue weighted by Crippen LogP contribution is -2.53. The van der Waals surface area contributed by atoms with E-state index in [2.05, 4.69) is 28.3 Å². The molecule has 2 aromatic rings. The first kappa shape index (κ1) is 32.3. The number of amides is 1. The highest BCUT2D eigenvalue weighted by atomic mass is 35.5. The number of nitrogens with one attached hydrogen (secondary N) is 1. The number of benzene rings is 2. The van der Waals surface area contributed by atoms with Gasteiger partial charge in [-0.15, -0.1) is 0 Å². The van der Waals surface area contributed by atoms with Crippen LogP contribution in [0.1, 0.15) is 73.9 Å². The summed E-state index contributed by atoms with van der Waals surface area (Å²) in [7, 11) is 0.0702. The third kappa shape index (κ3) is 6.22. The maximum Gasteiger partial charge on any atom is 0.263 e. The van der Waals surface area contributed by atoms with Gasteiger partial charge in [0.25, 0.3) is 5.91 Å². The van der Waals surface area contributed by atoms with E-state index in [9.17, 15) is 13.4 Å². The highest BCUT2D eigenvalue weighted by Gasteiger charge is 2.49. The fraction of sp³-hybridized carbons (Fsp3) is 0.528. The normalized spacial score (nSPS) is 33.9. The van der Waals surface area contributed by atoms with Crippen LogP contribution in [0.3, 0.4) is 0 Å². The minimum atomic E-state index is -1.59. The molecule has 0 saturated heterocycles. The van der Waals surface area contributed by atoms with Gasteiger partial charge in [-0.25, -0.2) is 8.60 Å². The van der Waals surface area contributed by atoms with Crippen molar-refractivity contribution in [1.82, 2.24) is 4.72 Å². The molecule has 7 atom stereocenters. The molecule has 0 aromatic heterocycles. The molecule has 1 saturated carbocycles. The number of hydrogen-bond donors (Lipinski definition) is 1. The molecule has 6 rings (SSSR count). The summed E-state index contributed by atoms with van der Waals surface area (Å²) in [5, 5.41) is 0.442. The molecule has 1 N–H and O–H groups in total. The molecular weight excluding hydrogens is 611 g/mol. The van der Waals surface area contributed by atoms with Gasteiger partial charge in [0.15, 0.2) is 0 Å². The number of ether oxygens (including phenoxy) is 2. The monoisotopic (exact) mass is 654 g/mol. The minimum absolute atomic E-state index is 0.0102. The van der Waals surface area contributed by atoms with Crippen LogP contribution < -0.4 is 14.4 Å². The van der Waals surface area contributed by atoms with E-state index in [1.54, 1.807) is 13.2 Å². The number of fused-ring (bicyclic) bond motifs is 4. The van der Waals surface area contributed by atoms with Crippen LogP contribution in [0.2, 0.25) is 5.02 Å². The molecular formula is C36H44ClFN2O4S. The van der Waals surface area contributed by atoms with Gasteiger partial charge in [0.1, 0.15) is 16.7 Å². The summed E-state index contributed by atoms with van der Waals surface area (Å²) in [5.41, 5.74) is 2.72. The predicted molar refractivity (Wildman–Crippen MR) is 179 cm³/mol. The second kappa shape index (κ2) is 12.8. The molecule has 242 valence electrons. The van der Waals surface area contributed by atoms with Gasteiger partial charge in [-0.05, 0) is 105 Å². The summed E-state index contributed by atoms with van der Waals surface area (Å²) >= 11 is 6.43. The molecule has 5 unspecified atom stereocenters. The third-order valence-electron chi connectivity index (χ3n) is 10.9. The Morgan fingerprint density at radius 1 is 1.24 bits per heavy atom. The number of rotatable bonds is 3. The van der Waals surface area contributed by atoms with Crippen molar-refractivity contribution in [2.45, 2.75) is 75.1 Å². The summed E-state index contributed by atoms with van der Waals surface area (Å²) in [5.74, 6) is 0.265. The molecule has 4 aliphatic rings. The van der Waals surface area contributed by atoms with Crippen LogP contribution in [0.25, 0.3) is 0 Å². The molecule has 1 fully saturated rings.